The van der Waals surface area contributed by atoms with E-state index in [1.807, 2.05) is 24.3 Å². The van der Waals surface area contributed by atoms with Crippen LogP contribution in [0, 0.1) is 0 Å². The number of nitrogens with zero attached hydrogens (tertiary/aromatic N) is 3. The second-order valence-corrected chi connectivity index (χ2v) is 5.55. The Morgan fingerprint density at radius 2 is 2.05 bits per heavy atom. The van der Waals surface area contributed by atoms with Gasteiger partial charge in [-0.25, -0.2) is 0 Å². The second-order valence-electron chi connectivity index (χ2n) is 5.14. The van der Waals surface area contributed by atoms with E-state index >= 15 is 0 Å². The highest BCUT2D eigenvalue weighted by molar-refractivity contribution is 6.31. The van der Waals surface area contributed by atoms with Crippen LogP contribution in [-0.2, 0) is 11.2 Å². The number of hydrogen-bond acceptors (Lipinski definition) is 5. The SMILES string of the molecule is C[C@@H](c1nc(Cc2ccccc2Cl)no1)N1CCOCC1. The summed E-state index contributed by atoms with van der Waals surface area (Å²) < 4.78 is 10.8. The van der Waals surface area contributed by atoms with Gasteiger partial charge in [0.2, 0.25) is 5.89 Å². The topological polar surface area (TPSA) is 51.4 Å². The predicted octanol–water partition coefficient (Wildman–Crippen LogP) is 2.71. The van der Waals surface area contributed by atoms with Crippen molar-refractivity contribution in [2.75, 3.05) is 26.3 Å². The van der Waals surface area contributed by atoms with Gasteiger partial charge in [-0.15, -0.1) is 0 Å². The maximum atomic E-state index is 6.16. The molecule has 5 nitrogen and oxygen atoms in total. The molecule has 2 aromatic rings. The minimum absolute atomic E-state index is 0.112. The monoisotopic (exact) mass is 307 g/mol. The van der Waals surface area contributed by atoms with Gasteiger partial charge >= 0.3 is 0 Å². The maximum absolute atomic E-state index is 6.16. The van der Waals surface area contributed by atoms with E-state index < -0.39 is 0 Å². The van der Waals surface area contributed by atoms with Crippen molar-refractivity contribution < 1.29 is 9.26 Å². The van der Waals surface area contributed by atoms with E-state index in [0.29, 0.717) is 18.1 Å². The molecule has 1 aromatic carbocycles. The van der Waals surface area contributed by atoms with Crippen molar-refractivity contribution in [1.29, 1.82) is 0 Å². The molecule has 0 aliphatic carbocycles. The number of benzene rings is 1. The molecule has 3 rings (SSSR count). The molecule has 1 aromatic heterocycles. The van der Waals surface area contributed by atoms with E-state index in [2.05, 4.69) is 22.0 Å². The highest BCUT2D eigenvalue weighted by Gasteiger charge is 2.23. The largest absolute Gasteiger partial charge is 0.379 e. The summed E-state index contributed by atoms with van der Waals surface area (Å²) in [5.74, 6) is 1.32. The number of morpholine rings is 1. The van der Waals surface area contributed by atoms with Gasteiger partial charge in [0.25, 0.3) is 0 Å². The summed E-state index contributed by atoms with van der Waals surface area (Å²) in [4.78, 5) is 6.79. The molecule has 0 saturated carbocycles. The fourth-order valence-electron chi connectivity index (χ4n) is 2.44. The molecule has 21 heavy (non-hydrogen) atoms. The molecule has 0 bridgehead atoms. The van der Waals surface area contributed by atoms with Gasteiger partial charge in [0.1, 0.15) is 0 Å². The highest BCUT2D eigenvalue weighted by Crippen LogP contribution is 2.21. The van der Waals surface area contributed by atoms with Crippen molar-refractivity contribution in [1.82, 2.24) is 15.0 Å². The Labute approximate surface area is 128 Å². The minimum atomic E-state index is 0.112. The Morgan fingerprint density at radius 1 is 1.29 bits per heavy atom. The fraction of sp³-hybridized carbons (Fsp3) is 0.467. The Morgan fingerprint density at radius 3 is 2.81 bits per heavy atom. The molecule has 1 saturated heterocycles. The molecule has 1 atom stereocenters. The number of rotatable bonds is 4. The molecule has 0 amide bonds. The first kappa shape index (κ1) is 14.5. The highest BCUT2D eigenvalue weighted by atomic mass is 35.5. The standard InChI is InChI=1S/C15H18ClN3O2/c1-11(19-6-8-20-9-7-19)15-17-14(18-21-15)10-12-4-2-3-5-13(12)16/h2-5,11H,6-10H2,1H3/t11-/m0/s1. The molecule has 1 aliphatic heterocycles. The van der Waals surface area contributed by atoms with Gasteiger partial charge in [0.15, 0.2) is 5.82 Å². The fourth-order valence-corrected chi connectivity index (χ4v) is 2.64. The molecule has 112 valence electrons. The van der Waals surface area contributed by atoms with Gasteiger partial charge in [0, 0.05) is 24.5 Å². The van der Waals surface area contributed by atoms with Crippen LogP contribution in [0.4, 0.5) is 0 Å². The molecule has 0 unspecified atom stereocenters. The van der Waals surface area contributed by atoms with Gasteiger partial charge in [-0.1, -0.05) is 35.0 Å². The van der Waals surface area contributed by atoms with Crippen LogP contribution < -0.4 is 0 Å². The van der Waals surface area contributed by atoms with Crippen molar-refractivity contribution >= 4 is 11.6 Å². The molecular weight excluding hydrogens is 290 g/mol. The van der Waals surface area contributed by atoms with Crippen LogP contribution in [0.25, 0.3) is 0 Å². The quantitative estimate of drug-likeness (QED) is 0.869. The van der Waals surface area contributed by atoms with Crippen molar-refractivity contribution in [2.24, 2.45) is 0 Å². The Balaban J connectivity index is 1.69. The van der Waals surface area contributed by atoms with Crippen molar-refractivity contribution in [3.8, 4) is 0 Å². The van der Waals surface area contributed by atoms with Gasteiger partial charge in [0.05, 0.1) is 19.3 Å². The third-order valence-electron chi connectivity index (χ3n) is 3.74. The van der Waals surface area contributed by atoms with Gasteiger partial charge in [-0.3, -0.25) is 4.90 Å². The normalized spacial score (nSPS) is 17.8. The van der Waals surface area contributed by atoms with Crippen molar-refractivity contribution in [2.45, 2.75) is 19.4 Å². The summed E-state index contributed by atoms with van der Waals surface area (Å²) in [7, 11) is 0. The van der Waals surface area contributed by atoms with Gasteiger partial charge in [-0.05, 0) is 18.6 Å². The van der Waals surface area contributed by atoms with Gasteiger partial charge < -0.3 is 9.26 Å². The lowest BCUT2D eigenvalue weighted by Crippen LogP contribution is -2.38. The lowest BCUT2D eigenvalue weighted by molar-refractivity contribution is 0.0134. The smallest absolute Gasteiger partial charge is 0.243 e. The third kappa shape index (κ3) is 3.43. The average molecular weight is 308 g/mol. The van der Waals surface area contributed by atoms with E-state index in [0.717, 1.165) is 36.9 Å². The molecule has 6 heteroatoms. The predicted molar refractivity (Wildman–Crippen MR) is 79.4 cm³/mol. The van der Waals surface area contributed by atoms with Crippen molar-refractivity contribution in [3.63, 3.8) is 0 Å². The molecular formula is C15H18ClN3O2. The van der Waals surface area contributed by atoms with Crippen LogP contribution in [-0.4, -0.2) is 41.3 Å². The zero-order chi connectivity index (χ0) is 14.7. The van der Waals surface area contributed by atoms with Crippen LogP contribution in [0.1, 0.15) is 30.2 Å². The third-order valence-corrected chi connectivity index (χ3v) is 4.11. The maximum Gasteiger partial charge on any atom is 0.243 e. The van der Waals surface area contributed by atoms with Gasteiger partial charge in [-0.2, -0.15) is 4.98 Å². The van der Waals surface area contributed by atoms with E-state index in [9.17, 15) is 0 Å². The summed E-state index contributed by atoms with van der Waals surface area (Å²) in [6, 6.07) is 7.83. The van der Waals surface area contributed by atoms with Crippen LogP contribution in [0.3, 0.4) is 0 Å². The molecule has 0 N–H and O–H groups in total. The van der Waals surface area contributed by atoms with E-state index in [1.54, 1.807) is 0 Å². The van der Waals surface area contributed by atoms with Crippen LogP contribution in [0.5, 0.6) is 0 Å². The second kappa shape index (κ2) is 6.56. The first-order chi connectivity index (χ1) is 10.2. The molecule has 0 spiro atoms. The van der Waals surface area contributed by atoms with Crippen LogP contribution in [0.2, 0.25) is 5.02 Å². The van der Waals surface area contributed by atoms with E-state index in [-0.39, 0.29) is 6.04 Å². The number of ether oxygens (including phenoxy) is 1. The molecule has 0 radical (unpaired) electrons. The summed E-state index contributed by atoms with van der Waals surface area (Å²) in [5, 5.41) is 4.79. The first-order valence-corrected chi connectivity index (χ1v) is 7.49. The zero-order valence-electron chi connectivity index (χ0n) is 12.0. The van der Waals surface area contributed by atoms with E-state index in [4.69, 9.17) is 20.9 Å². The summed E-state index contributed by atoms with van der Waals surface area (Å²) in [6.07, 6.45) is 0.582. The summed E-state index contributed by atoms with van der Waals surface area (Å²) in [5.41, 5.74) is 1.01. The number of aromatic nitrogens is 2. The van der Waals surface area contributed by atoms with Crippen LogP contribution >= 0.6 is 11.6 Å². The molecule has 2 heterocycles. The first-order valence-electron chi connectivity index (χ1n) is 7.11. The van der Waals surface area contributed by atoms with Crippen LogP contribution in [0.15, 0.2) is 28.8 Å². The molecule has 1 fully saturated rings. The Bertz CT molecular complexity index is 596. The zero-order valence-corrected chi connectivity index (χ0v) is 12.7. The number of hydrogen-bond donors (Lipinski definition) is 0. The van der Waals surface area contributed by atoms with E-state index in [1.165, 1.54) is 0 Å². The average Bonchev–Trinajstić information content (AvgIpc) is 2.98. The lowest BCUT2D eigenvalue weighted by Gasteiger charge is -2.29. The Kier molecular flexibility index (Phi) is 4.53. The molecule has 1 aliphatic rings. The van der Waals surface area contributed by atoms with Crippen molar-refractivity contribution in [3.05, 3.63) is 46.6 Å². The summed E-state index contributed by atoms with van der Waals surface area (Å²) in [6.45, 7) is 5.38. The summed E-state index contributed by atoms with van der Waals surface area (Å²) >= 11 is 6.16. The number of halogens is 1. The lowest BCUT2D eigenvalue weighted by atomic mass is 10.1. The Hall–Kier alpha value is -1.43. The minimum Gasteiger partial charge on any atom is -0.379 e.